The first-order valence-electron chi connectivity index (χ1n) is 6.36. The fourth-order valence-electron chi connectivity index (χ4n) is 1.87. The molecule has 0 fully saturated rings. The minimum atomic E-state index is -0.133. The molecule has 1 amide bonds. The number of carbonyl (C=O) groups is 1. The number of hydrogen-bond acceptors (Lipinski definition) is 4. The van der Waals surface area contributed by atoms with Gasteiger partial charge in [-0.2, -0.15) is 0 Å². The first-order valence-corrected chi connectivity index (χ1v) is 6.36. The summed E-state index contributed by atoms with van der Waals surface area (Å²) in [4.78, 5) is 16.2. The highest BCUT2D eigenvalue weighted by atomic mass is 16.5. The Hall–Kier alpha value is -2.34. The average molecular weight is 274 g/mol. The number of anilines is 1. The van der Waals surface area contributed by atoms with E-state index < -0.39 is 0 Å². The van der Waals surface area contributed by atoms with E-state index in [4.69, 9.17) is 10.5 Å². The van der Waals surface area contributed by atoms with Crippen LogP contribution in [0, 0.1) is 0 Å². The number of amides is 1. The van der Waals surface area contributed by atoms with E-state index in [0.717, 1.165) is 5.69 Å². The Bertz CT molecular complexity index is 580. The third-order valence-corrected chi connectivity index (χ3v) is 2.79. The topological polar surface area (TPSA) is 82.2 Å². The maximum Gasteiger partial charge on any atom is 0.244 e. The number of imidazole rings is 1. The molecule has 106 valence electrons. The van der Waals surface area contributed by atoms with Crippen LogP contribution in [0.2, 0.25) is 0 Å². The molecule has 20 heavy (non-hydrogen) atoms. The molecule has 0 saturated heterocycles. The van der Waals surface area contributed by atoms with Crippen LogP contribution in [-0.4, -0.2) is 29.1 Å². The molecule has 0 unspecified atom stereocenters. The van der Waals surface area contributed by atoms with Crippen LogP contribution in [0.25, 0.3) is 0 Å². The van der Waals surface area contributed by atoms with E-state index in [1.807, 2.05) is 18.3 Å². The van der Waals surface area contributed by atoms with Gasteiger partial charge in [-0.25, -0.2) is 4.98 Å². The number of nitrogens with zero attached hydrogens (tertiary/aromatic N) is 2. The van der Waals surface area contributed by atoms with E-state index >= 15 is 0 Å². The molecule has 0 bridgehead atoms. The first-order chi connectivity index (χ1) is 9.72. The smallest absolute Gasteiger partial charge is 0.244 e. The minimum absolute atomic E-state index is 0.133. The van der Waals surface area contributed by atoms with E-state index in [9.17, 15) is 4.79 Å². The Kier molecular flexibility index (Phi) is 4.73. The Balaban J connectivity index is 1.97. The Morgan fingerprint density at radius 3 is 3.00 bits per heavy atom. The van der Waals surface area contributed by atoms with Gasteiger partial charge in [-0.3, -0.25) is 4.79 Å². The number of nitrogens with two attached hydrogens (primary N) is 1. The molecule has 0 radical (unpaired) electrons. The van der Waals surface area contributed by atoms with Crippen molar-refractivity contribution in [2.45, 2.75) is 13.0 Å². The van der Waals surface area contributed by atoms with Crippen molar-refractivity contribution >= 4 is 11.6 Å². The maximum atomic E-state index is 12.0. The number of carbonyl (C=O) groups excluding carboxylic acids is 1. The van der Waals surface area contributed by atoms with Crippen molar-refractivity contribution in [1.29, 1.82) is 0 Å². The van der Waals surface area contributed by atoms with Crippen LogP contribution < -0.4 is 15.8 Å². The van der Waals surface area contributed by atoms with E-state index in [0.29, 0.717) is 24.4 Å². The fourth-order valence-corrected chi connectivity index (χ4v) is 1.87. The molecule has 2 rings (SSSR count). The predicted octanol–water partition coefficient (Wildman–Crippen LogP) is 1.03. The summed E-state index contributed by atoms with van der Waals surface area (Å²) in [6.45, 7) is 0.750. The lowest BCUT2D eigenvalue weighted by molar-refractivity contribution is -0.116. The number of methoxy groups -OCH3 is 1. The minimum Gasteiger partial charge on any atom is -0.495 e. The predicted molar refractivity (Wildman–Crippen MR) is 76.6 cm³/mol. The molecule has 0 aliphatic rings. The van der Waals surface area contributed by atoms with Gasteiger partial charge in [0.1, 0.15) is 12.3 Å². The van der Waals surface area contributed by atoms with Crippen molar-refractivity contribution in [3.05, 3.63) is 42.5 Å². The lowest BCUT2D eigenvalue weighted by Gasteiger charge is -2.09. The van der Waals surface area contributed by atoms with Crippen molar-refractivity contribution in [3.63, 3.8) is 0 Å². The van der Waals surface area contributed by atoms with Gasteiger partial charge in [-0.05, 0) is 18.7 Å². The molecule has 0 spiro atoms. The molecule has 0 aliphatic carbocycles. The summed E-state index contributed by atoms with van der Waals surface area (Å²) in [7, 11) is 1.57. The maximum absolute atomic E-state index is 12.0. The molecule has 3 N–H and O–H groups in total. The van der Waals surface area contributed by atoms with Gasteiger partial charge in [0.05, 0.1) is 24.8 Å². The van der Waals surface area contributed by atoms with Crippen molar-refractivity contribution in [2.75, 3.05) is 19.0 Å². The fraction of sp³-hybridized carbons (Fsp3) is 0.286. The number of nitrogens with one attached hydrogen (secondary N) is 1. The van der Waals surface area contributed by atoms with Gasteiger partial charge in [-0.1, -0.05) is 12.1 Å². The van der Waals surface area contributed by atoms with Gasteiger partial charge in [-0.15, -0.1) is 0 Å². The Morgan fingerprint density at radius 1 is 1.45 bits per heavy atom. The molecular formula is C14H18N4O2. The lowest BCUT2D eigenvalue weighted by atomic mass is 10.3. The third kappa shape index (κ3) is 3.58. The van der Waals surface area contributed by atoms with Crippen molar-refractivity contribution < 1.29 is 9.53 Å². The molecule has 0 aliphatic heterocycles. The van der Waals surface area contributed by atoms with Crippen LogP contribution in [0.3, 0.4) is 0 Å². The number of ether oxygens (including phenoxy) is 1. The van der Waals surface area contributed by atoms with Crippen LogP contribution in [0.1, 0.15) is 5.69 Å². The Morgan fingerprint density at radius 2 is 2.25 bits per heavy atom. The monoisotopic (exact) mass is 274 g/mol. The van der Waals surface area contributed by atoms with Gasteiger partial charge >= 0.3 is 0 Å². The van der Waals surface area contributed by atoms with Crippen LogP contribution >= 0.6 is 0 Å². The SMILES string of the molecule is COc1ccccc1NC(=O)Cn1cnc(CCN)c1. The van der Waals surface area contributed by atoms with Gasteiger partial charge < -0.3 is 20.4 Å². The molecule has 2 aromatic rings. The summed E-state index contributed by atoms with van der Waals surface area (Å²) in [5, 5.41) is 2.81. The molecule has 0 saturated carbocycles. The normalized spacial score (nSPS) is 10.3. The van der Waals surface area contributed by atoms with Crippen LogP contribution in [-0.2, 0) is 17.8 Å². The lowest BCUT2D eigenvalue weighted by Crippen LogP contribution is -2.18. The van der Waals surface area contributed by atoms with Crippen molar-refractivity contribution in [2.24, 2.45) is 5.73 Å². The van der Waals surface area contributed by atoms with Gasteiger partial charge in [0.2, 0.25) is 5.91 Å². The molecule has 1 aromatic heterocycles. The van der Waals surface area contributed by atoms with Crippen LogP contribution in [0.4, 0.5) is 5.69 Å². The second-order valence-corrected chi connectivity index (χ2v) is 4.32. The summed E-state index contributed by atoms with van der Waals surface area (Å²) in [5.74, 6) is 0.501. The highest BCUT2D eigenvalue weighted by Crippen LogP contribution is 2.22. The quantitative estimate of drug-likeness (QED) is 0.824. The zero-order chi connectivity index (χ0) is 14.4. The number of hydrogen-bond donors (Lipinski definition) is 2. The number of rotatable bonds is 6. The largest absolute Gasteiger partial charge is 0.495 e. The van der Waals surface area contributed by atoms with Gasteiger partial charge in [0, 0.05) is 12.6 Å². The van der Waals surface area contributed by atoms with Gasteiger partial charge in [0.25, 0.3) is 0 Å². The molecule has 1 heterocycles. The Labute approximate surface area is 117 Å². The summed E-state index contributed by atoms with van der Waals surface area (Å²) in [6.07, 6.45) is 4.17. The summed E-state index contributed by atoms with van der Waals surface area (Å²) < 4.78 is 6.92. The zero-order valence-electron chi connectivity index (χ0n) is 11.4. The van der Waals surface area contributed by atoms with Crippen LogP contribution in [0.5, 0.6) is 5.75 Å². The number of para-hydroxylation sites is 2. The molecule has 6 nitrogen and oxygen atoms in total. The highest BCUT2D eigenvalue weighted by Gasteiger charge is 2.08. The zero-order valence-corrected chi connectivity index (χ0v) is 11.4. The molecule has 6 heteroatoms. The standard InChI is InChI=1S/C14H18N4O2/c1-20-13-5-3-2-4-12(13)17-14(19)9-18-8-11(6-7-15)16-10-18/h2-5,8,10H,6-7,9,15H2,1H3,(H,17,19). The van der Waals surface area contributed by atoms with E-state index in [-0.39, 0.29) is 12.5 Å². The molecule has 0 atom stereocenters. The van der Waals surface area contributed by atoms with Crippen molar-refractivity contribution in [3.8, 4) is 5.75 Å². The van der Waals surface area contributed by atoms with E-state index in [1.165, 1.54) is 0 Å². The summed E-state index contributed by atoms with van der Waals surface area (Å²) >= 11 is 0. The summed E-state index contributed by atoms with van der Waals surface area (Å²) in [5.41, 5.74) is 7.00. The first kappa shape index (κ1) is 14.1. The van der Waals surface area contributed by atoms with E-state index in [1.54, 1.807) is 30.1 Å². The van der Waals surface area contributed by atoms with Crippen molar-refractivity contribution in [1.82, 2.24) is 9.55 Å². The second kappa shape index (κ2) is 6.72. The number of benzene rings is 1. The number of aromatic nitrogens is 2. The average Bonchev–Trinajstić information content (AvgIpc) is 2.87. The van der Waals surface area contributed by atoms with Crippen LogP contribution in [0.15, 0.2) is 36.8 Å². The third-order valence-electron chi connectivity index (χ3n) is 2.79. The summed E-state index contributed by atoms with van der Waals surface area (Å²) in [6, 6.07) is 7.29. The molecule has 1 aromatic carbocycles. The molecular weight excluding hydrogens is 256 g/mol. The van der Waals surface area contributed by atoms with Gasteiger partial charge in [0.15, 0.2) is 0 Å². The second-order valence-electron chi connectivity index (χ2n) is 4.32. The van der Waals surface area contributed by atoms with E-state index in [2.05, 4.69) is 10.3 Å². The highest BCUT2D eigenvalue weighted by molar-refractivity contribution is 5.92.